The first kappa shape index (κ1) is 20.8. The van der Waals surface area contributed by atoms with Crippen molar-refractivity contribution in [2.75, 3.05) is 13.1 Å². The minimum atomic E-state index is -0.0162. The van der Waals surface area contributed by atoms with Gasteiger partial charge in [-0.25, -0.2) is 9.97 Å². The third kappa shape index (κ3) is 3.81. The number of aryl methyl sites for hydroxylation is 2. The van der Waals surface area contributed by atoms with Crippen molar-refractivity contribution in [3.05, 3.63) is 74.3 Å². The molecule has 5 heterocycles. The number of pyridine rings is 1. The van der Waals surface area contributed by atoms with Gasteiger partial charge < -0.3 is 9.55 Å². The SMILES string of the molecule is Cc1cccnc1-n1c(C)cc(CN2CCc3nc(C4=NCCCC4)[nH]c(=O)c3C2)c1C. The molecule has 0 saturated heterocycles. The van der Waals surface area contributed by atoms with E-state index in [2.05, 4.69) is 57.3 Å². The van der Waals surface area contributed by atoms with Crippen LogP contribution in [0.2, 0.25) is 0 Å². The molecule has 3 aromatic heterocycles. The van der Waals surface area contributed by atoms with Crippen molar-refractivity contribution in [1.29, 1.82) is 0 Å². The van der Waals surface area contributed by atoms with Crippen molar-refractivity contribution in [2.24, 2.45) is 4.99 Å². The van der Waals surface area contributed by atoms with Gasteiger partial charge in [-0.3, -0.25) is 14.7 Å². The standard InChI is InChI=1S/C25H30N6O/c1-16-7-6-11-27-24(16)31-17(2)13-19(18(31)3)14-30-12-9-21-20(15-30)25(32)29-23(28-21)22-8-4-5-10-26-22/h6-7,11,13H,4-5,8-10,12,14-15H2,1-3H3,(H,28,29,32). The Labute approximate surface area is 188 Å². The molecular weight excluding hydrogens is 400 g/mol. The molecule has 32 heavy (non-hydrogen) atoms. The second kappa shape index (κ2) is 8.47. The molecule has 0 atom stereocenters. The fraction of sp³-hybridized carbons (Fsp3) is 0.440. The van der Waals surface area contributed by atoms with Crippen LogP contribution in [0.1, 0.15) is 58.9 Å². The Morgan fingerprint density at radius 3 is 2.81 bits per heavy atom. The average molecular weight is 431 g/mol. The maximum Gasteiger partial charge on any atom is 0.255 e. The molecule has 2 aliphatic rings. The van der Waals surface area contributed by atoms with Crippen molar-refractivity contribution < 1.29 is 0 Å². The van der Waals surface area contributed by atoms with E-state index in [9.17, 15) is 4.79 Å². The molecule has 0 unspecified atom stereocenters. The Morgan fingerprint density at radius 1 is 1.16 bits per heavy atom. The van der Waals surface area contributed by atoms with Gasteiger partial charge in [0.2, 0.25) is 0 Å². The third-order valence-electron chi connectivity index (χ3n) is 6.67. The molecule has 0 radical (unpaired) electrons. The van der Waals surface area contributed by atoms with E-state index in [-0.39, 0.29) is 5.56 Å². The highest BCUT2D eigenvalue weighted by molar-refractivity contribution is 5.97. The molecule has 166 valence electrons. The van der Waals surface area contributed by atoms with E-state index in [1.807, 2.05) is 12.3 Å². The number of rotatable bonds is 4. The van der Waals surface area contributed by atoms with Gasteiger partial charge in [0.1, 0.15) is 5.82 Å². The first-order valence-corrected chi connectivity index (χ1v) is 11.5. The number of aromatic amines is 1. The topological polar surface area (TPSA) is 79.2 Å². The number of nitrogens with one attached hydrogen (secondary N) is 1. The Bertz CT molecular complexity index is 1250. The lowest BCUT2D eigenvalue weighted by Crippen LogP contribution is -2.36. The van der Waals surface area contributed by atoms with Crippen LogP contribution >= 0.6 is 0 Å². The van der Waals surface area contributed by atoms with Crippen LogP contribution < -0.4 is 5.56 Å². The van der Waals surface area contributed by atoms with Crippen LogP contribution in [0.25, 0.3) is 5.82 Å². The fourth-order valence-electron chi connectivity index (χ4n) is 4.91. The minimum Gasteiger partial charge on any atom is -0.305 e. The average Bonchev–Trinajstić information content (AvgIpc) is 3.07. The van der Waals surface area contributed by atoms with Gasteiger partial charge in [-0.1, -0.05) is 6.07 Å². The Hall–Kier alpha value is -3.06. The third-order valence-corrected chi connectivity index (χ3v) is 6.67. The zero-order valence-electron chi connectivity index (χ0n) is 19.1. The molecular formula is C25H30N6O. The normalized spacial score (nSPS) is 16.7. The monoisotopic (exact) mass is 430 g/mol. The molecule has 2 aliphatic heterocycles. The number of aromatic nitrogens is 4. The van der Waals surface area contributed by atoms with Crippen LogP contribution in [-0.2, 0) is 19.5 Å². The molecule has 0 fully saturated rings. The van der Waals surface area contributed by atoms with E-state index in [0.29, 0.717) is 12.4 Å². The molecule has 1 N–H and O–H groups in total. The summed E-state index contributed by atoms with van der Waals surface area (Å²) in [5.41, 5.74) is 7.47. The summed E-state index contributed by atoms with van der Waals surface area (Å²) in [6.07, 6.45) is 5.77. The fourth-order valence-corrected chi connectivity index (χ4v) is 4.91. The van der Waals surface area contributed by atoms with Gasteiger partial charge in [-0.15, -0.1) is 0 Å². The summed E-state index contributed by atoms with van der Waals surface area (Å²) in [5, 5.41) is 0. The summed E-state index contributed by atoms with van der Waals surface area (Å²) in [4.78, 5) is 32.2. The van der Waals surface area contributed by atoms with Gasteiger partial charge in [0.15, 0.2) is 5.82 Å². The lowest BCUT2D eigenvalue weighted by atomic mass is 10.0. The quantitative estimate of drug-likeness (QED) is 0.688. The molecule has 7 heteroatoms. The first-order valence-electron chi connectivity index (χ1n) is 11.5. The van der Waals surface area contributed by atoms with E-state index < -0.39 is 0 Å². The maximum absolute atomic E-state index is 12.9. The van der Waals surface area contributed by atoms with Gasteiger partial charge in [0.05, 0.1) is 17.0 Å². The van der Waals surface area contributed by atoms with Crippen molar-refractivity contribution >= 4 is 5.71 Å². The van der Waals surface area contributed by atoms with Crippen LogP contribution in [0.15, 0.2) is 34.2 Å². The van der Waals surface area contributed by atoms with Gasteiger partial charge in [0, 0.05) is 50.2 Å². The second-order valence-corrected chi connectivity index (χ2v) is 8.96. The summed E-state index contributed by atoms with van der Waals surface area (Å²) in [6, 6.07) is 6.30. The van der Waals surface area contributed by atoms with E-state index >= 15 is 0 Å². The highest BCUT2D eigenvalue weighted by atomic mass is 16.1. The van der Waals surface area contributed by atoms with E-state index in [1.54, 1.807) is 0 Å². The molecule has 0 amide bonds. The predicted molar refractivity (Wildman–Crippen MR) is 126 cm³/mol. The summed E-state index contributed by atoms with van der Waals surface area (Å²) in [5.74, 6) is 1.66. The zero-order valence-corrected chi connectivity index (χ0v) is 19.1. The number of nitrogens with zero attached hydrogens (tertiary/aromatic N) is 5. The van der Waals surface area contributed by atoms with Gasteiger partial charge in [-0.05, 0) is 63.3 Å². The van der Waals surface area contributed by atoms with Crippen LogP contribution in [-0.4, -0.2) is 43.2 Å². The highest BCUT2D eigenvalue weighted by Crippen LogP contribution is 2.24. The van der Waals surface area contributed by atoms with Crippen molar-refractivity contribution in [1.82, 2.24) is 24.4 Å². The van der Waals surface area contributed by atoms with Crippen molar-refractivity contribution in [2.45, 2.75) is 59.5 Å². The largest absolute Gasteiger partial charge is 0.305 e. The van der Waals surface area contributed by atoms with E-state index in [1.165, 1.54) is 17.0 Å². The summed E-state index contributed by atoms with van der Waals surface area (Å²) >= 11 is 0. The Morgan fingerprint density at radius 2 is 2.03 bits per heavy atom. The smallest absolute Gasteiger partial charge is 0.255 e. The molecule has 5 rings (SSSR count). The number of hydrogen-bond donors (Lipinski definition) is 1. The van der Waals surface area contributed by atoms with Crippen molar-refractivity contribution in [3.8, 4) is 5.82 Å². The van der Waals surface area contributed by atoms with Gasteiger partial charge in [-0.2, -0.15) is 0 Å². The van der Waals surface area contributed by atoms with E-state index in [0.717, 1.165) is 73.7 Å². The number of hydrogen-bond acceptors (Lipinski definition) is 5. The molecule has 0 aliphatic carbocycles. The maximum atomic E-state index is 12.9. The molecule has 3 aromatic rings. The first-order chi connectivity index (χ1) is 15.5. The highest BCUT2D eigenvalue weighted by Gasteiger charge is 2.24. The van der Waals surface area contributed by atoms with Crippen LogP contribution in [0.5, 0.6) is 0 Å². The second-order valence-electron chi connectivity index (χ2n) is 8.96. The molecule has 0 aromatic carbocycles. The summed E-state index contributed by atoms with van der Waals surface area (Å²) in [7, 11) is 0. The lowest BCUT2D eigenvalue weighted by Gasteiger charge is -2.28. The van der Waals surface area contributed by atoms with Crippen LogP contribution in [0, 0.1) is 20.8 Å². The van der Waals surface area contributed by atoms with Crippen LogP contribution in [0.4, 0.5) is 0 Å². The Kier molecular flexibility index (Phi) is 5.51. The molecule has 0 spiro atoms. The van der Waals surface area contributed by atoms with E-state index in [4.69, 9.17) is 4.98 Å². The van der Waals surface area contributed by atoms with Gasteiger partial charge in [0.25, 0.3) is 5.56 Å². The zero-order chi connectivity index (χ0) is 22.2. The molecule has 0 saturated carbocycles. The molecule has 0 bridgehead atoms. The number of aliphatic imine (C=N–C) groups is 1. The molecule has 7 nitrogen and oxygen atoms in total. The summed E-state index contributed by atoms with van der Waals surface area (Å²) < 4.78 is 2.23. The predicted octanol–water partition coefficient (Wildman–Crippen LogP) is 3.41. The summed E-state index contributed by atoms with van der Waals surface area (Å²) in [6.45, 7) is 9.52. The Balaban J connectivity index is 1.38. The van der Waals surface area contributed by atoms with Gasteiger partial charge >= 0.3 is 0 Å². The minimum absolute atomic E-state index is 0.0162. The lowest BCUT2D eigenvalue weighted by molar-refractivity contribution is 0.241. The number of fused-ring (bicyclic) bond motifs is 1. The van der Waals surface area contributed by atoms with Crippen molar-refractivity contribution in [3.63, 3.8) is 0 Å². The van der Waals surface area contributed by atoms with Crippen LogP contribution in [0.3, 0.4) is 0 Å². The number of H-pyrrole nitrogens is 1.